The molecular formula is C19H23F2N3O4S. The number of hydrogen-bond donors (Lipinski definition) is 2. The number of methoxy groups -OCH3 is 1. The van der Waals surface area contributed by atoms with Crippen molar-refractivity contribution in [3.63, 3.8) is 0 Å². The zero-order valence-electron chi connectivity index (χ0n) is 16.1. The van der Waals surface area contributed by atoms with Crippen LogP contribution in [-0.2, 0) is 23.0 Å². The largest absolute Gasteiger partial charge is 0.479 e. The number of rotatable bonds is 7. The number of aromatic nitrogens is 1. The Labute approximate surface area is 168 Å². The fourth-order valence-corrected chi connectivity index (χ4v) is 4.25. The van der Waals surface area contributed by atoms with Crippen LogP contribution in [-0.4, -0.2) is 33.2 Å². The van der Waals surface area contributed by atoms with E-state index in [2.05, 4.69) is 26.7 Å². The first kappa shape index (κ1) is 21.3. The summed E-state index contributed by atoms with van der Waals surface area (Å²) < 4.78 is 62.0. The molecule has 0 saturated heterocycles. The van der Waals surface area contributed by atoms with Crippen LogP contribution in [0.3, 0.4) is 0 Å². The molecule has 0 radical (unpaired) electrons. The Hall–Kier alpha value is -2.46. The number of pyridine rings is 1. The standard InChI is InChI=1S/C19H23F2N3O4S/c1-3-13-5-4-12-10-16(18(27-2)23-17(12)11-22-13)24-29(25,26)15-8-6-14(7-9-15)28-19(20)21/h6-10,13,19,22,24H,3-5,11H2,1-2H3. The van der Waals surface area contributed by atoms with Crippen LogP contribution in [0.2, 0.25) is 0 Å². The van der Waals surface area contributed by atoms with Gasteiger partial charge < -0.3 is 14.8 Å². The predicted molar refractivity (Wildman–Crippen MR) is 104 cm³/mol. The number of anilines is 1. The van der Waals surface area contributed by atoms with E-state index in [0.717, 1.165) is 30.5 Å². The Bertz CT molecular complexity index is 953. The fraction of sp³-hybridized carbons (Fsp3) is 0.421. The van der Waals surface area contributed by atoms with Gasteiger partial charge in [-0.25, -0.2) is 13.4 Å². The summed E-state index contributed by atoms with van der Waals surface area (Å²) in [7, 11) is -2.55. The summed E-state index contributed by atoms with van der Waals surface area (Å²) in [5.41, 5.74) is 2.01. The van der Waals surface area contributed by atoms with E-state index in [0.29, 0.717) is 12.6 Å². The molecule has 1 atom stereocenters. The van der Waals surface area contributed by atoms with E-state index in [1.807, 2.05) is 0 Å². The van der Waals surface area contributed by atoms with Crippen LogP contribution < -0.4 is 19.5 Å². The Kier molecular flexibility index (Phi) is 6.53. The van der Waals surface area contributed by atoms with E-state index in [1.54, 1.807) is 6.07 Å². The molecule has 7 nitrogen and oxygen atoms in total. The van der Waals surface area contributed by atoms with Crippen molar-refractivity contribution in [1.29, 1.82) is 0 Å². The lowest BCUT2D eigenvalue weighted by molar-refractivity contribution is -0.0498. The van der Waals surface area contributed by atoms with Crippen LogP contribution in [0.5, 0.6) is 11.6 Å². The van der Waals surface area contributed by atoms with Crippen molar-refractivity contribution in [2.75, 3.05) is 11.8 Å². The highest BCUT2D eigenvalue weighted by Gasteiger charge is 2.22. The van der Waals surface area contributed by atoms with E-state index in [-0.39, 0.29) is 22.2 Å². The number of benzene rings is 1. The first-order valence-electron chi connectivity index (χ1n) is 9.20. The fourth-order valence-electron chi connectivity index (χ4n) is 3.20. The monoisotopic (exact) mass is 427 g/mol. The summed E-state index contributed by atoms with van der Waals surface area (Å²) in [5.74, 6) is 0.0444. The van der Waals surface area contributed by atoms with Gasteiger partial charge in [-0.3, -0.25) is 4.72 Å². The molecule has 1 aliphatic rings. The van der Waals surface area contributed by atoms with Crippen molar-refractivity contribution in [1.82, 2.24) is 10.3 Å². The van der Waals surface area contributed by atoms with Gasteiger partial charge in [0.2, 0.25) is 5.88 Å². The highest BCUT2D eigenvalue weighted by atomic mass is 32.2. The minimum absolute atomic E-state index is 0.0937. The highest BCUT2D eigenvalue weighted by Crippen LogP contribution is 2.30. The van der Waals surface area contributed by atoms with Crippen molar-refractivity contribution in [2.24, 2.45) is 0 Å². The number of nitrogens with zero attached hydrogens (tertiary/aromatic N) is 1. The normalized spacial score (nSPS) is 16.8. The molecule has 1 aromatic carbocycles. The molecule has 3 rings (SSSR count). The maximum Gasteiger partial charge on any atom is 0.387 e. The molecule has 1 unspecified atom stereocenters. The van der Waals surface area contributed by atoms with Crippen molar-refractivity contribution in [3.05, 3.63) is 41.6 Å². The number of sulfonamides is 1. The van der Waals surface area contributed by atoms with Crippen LogP contribution in [0.15, 0.2) is 35.2 Å². The zero-order chi connectivity index (χ0) is 21.0. The van der Waals surface area contributed by atoms with Crippen LogP contribution in [0.4, 0.5) is 14.5 Å². The first-order valence-corrected chi connectivity index (χ1v) is 10.7. The minimum atomic E-state index is -3.97. The topological polar surface area (TPSA) is 89.6 Å². The molecule has 158 valence electrons. The van der Waals surface area contributed by atoms with Gasteiger partial charge in [0, 0.05) is 12.6 Å². The summed E-state index contributed by atoms with van der Waals surface area (Å²) in [6, 6.07) is 6.85. The molecule has 10 heteroatoms. The number of hydrogen-bond acceptors (Lipinski definition) is 6. The van der Waals surface area contributed by atoms with Gasteiger partial charge in [0.15, 0.2) is 0 Å². The lowest BCUT2D eigenvalue weighted by atomic mass is 10.0. The van der Waals surface area contributed by atoms with Crippen LogP contribution in [0, 0.1) is 0 Å². The van der Waals surface area contributed by atoms with Gasteiger partial charge in [-0.2, -0.15) is 8.78 Å². The second-order valence-electron chi connectivity index (χ2n) is 6.63. The van der Waals surface area contributed by atoms with Gasteiger partial charge in [0.05, 0.1) is 17.7 Å². The Morgan fingerprint density at radius 2 is 2.03 bits per heavy atom. The van der Waals surface area contributed by atoms with Gasteiger partial charge in [-0.1, -0.05) is 6.92 Å². The molecule has 0 saturated carbocycles. The second kappa shape index (κ2) is 8.91. The third kappa shape index (κ3) is 5.13. The van der Waals surface area contributed by atoms with E-state index < -0.39 is 16.6 Å². The number of halogens is 2. The second-order valence-corrected chi connectivity index (χ2v) is 8.31. The van der Waals surface area contributed by atoms with E-state index in [4.69, 9.17) is 4.74 Å². The number of ether oxygens (including phenoxy) is 2. The van der Waals surface area contributed by atoms with Crippen molar-refractivity contribution < 1.29 is 26.7 Å². The number of aryl methyl sites for hydroxylation is 1. The van der Waals surface area contributed by atoms with Gasteiger partial charge in [0.25, 0.3) is 10.0 Å². The molecule has 29 heavy (non-hydrogen) atoms. The van der Waals surface area contributed by atoms with E-state index in [9.17, 15) is 17.2 Å². The Morgan fingerprint density at radius 1 is 1.31 bits per heavy atom. The number of nitrogens with one attached hydrogen (secondary N) is 2. The molecule has 0 aliphatic carbocycles. The van der Waals surface area contributed by atoms with E-state index in [1.165, 1.54) is 31.4 Å². The third-order valence-corrected chi connectivity index (χ3v) is 6.15. The SMILES string of the molecule is CCC1CCc2cc(NS(=O)(=O)c3ccc(OC(F)F)cc3)c(OC)nc2CN1. The van der Waals surface area contributed by atoms with E-state index >= 15 is 0 Å². The van der Waals surface area contributed by atoms with Crippen molar-refractivity contribution in [2.45, 2.75) is 50.3 Å². The lowest BCUT2D eigenvalue weighted by Crippen LogP contribution is -2.26. The third-order valence-electron chi connectivity index (χ3n) is 4.77. The summed E-state index contributed by atoms with van der Waals surface area (Å²) >= 11 is 0. The number of alkyl halides is 2. The zero-order valence-corrected chi connectivity index (χ0v) is 16.9. The molecule has 2 aromatic rings. The smallest absolute Gasteiger partial charge is 0.387 e. The Balaban J connectivity index is 1.86. The summed E-state index contributed by atoms with van der Waals surface area (Å²) in [6.45, 7) is -0.283. The van der Waals surface area contributed by atoms with Crippen molar-refractivity contribution in [3.8, 4) is 11.6 Å². The van der Waals surface area contributed by atoms with Gasteiger partial charge in [-0.05, 0) is 55.2 Å². The summed E-state index contributed by atoms with van der Waals surface area (Å²) in [5, 5.41) is 3.43. The maximum absolute atomic E-state index is 12.7. The Morgan fingerprint density at radius 3 is 2.66 bits per heavy atom. The summed E-state index contributed by atoms with van der Waals surface area (Å²) in [4.78, 5) is 4.38. The van der Waals surface area contributed by atoms with Crippen LogP contribution in [0.1, 0.15) is 31.0 Å². The quantitative estimate of drug-likeness (QED) is 0.705. The van der Waals surface area contributed by atoms with Crippen molar-refractivity contribution >= 4 is 15.7 Å². The maximum atomic E-state index is 12.7. The van der Waals surface area contributed by atoms with Gasteiger partial charge >= 0.3 is 6.61 Å². The molecule has 1 aliphatic heterocycles. The average Bonchev–Trinajstić information content (AvgIpc) is 2.88. The molecule has 0 amide bonds. The predicted octanol–water partition coefficient (Wildman–Crippen LogP) is 3.31. The molecule has 0 bridgehead atoms. The van der Waals surface area contributed by atoms with Crippen LogP contribution in [0.25, 0.3) is 0 Å². The molecular weight excluding hydrogens is 404 g/mol. The average molecular weight is 427 g/mol. The van der Waals surface area contributed by atoms with Gasteiger partial charge in [0.1, 0.15) is 11.4 Å². The highest BCUT2D eigenvalue weighted by molar-refractivity contribution is 7.92. The minimum Gasteiger partial charge on any atom is -0.479 e. The first-order chi connectivity index (χ1) is 13.8. The summed E-state index contributed by atoms with van der Waals surface area (Å²) in [6.07, 6.45) is 2.69. The molecule has 1 aromatic heterocycles. The number of fused-ring (bicyclic) bond motifs is 1. The molecule has 0 spiro atoms. The van der Waals surface area contributed by atoms with Gasteiger partial charge in [-0.15, -0.1) is 0 Å². The molecule has 0 fully saturated rings. The lowest BCUT2D eigenvalue weighted by Gasteiger charge is -2.15. The van der Waals surface area contributed by atoms with Crippen LogP contribution >= 0.6 is 0 Å². The molecule has 2 heterocycles. The molecule has 2 N–H and O–H groups in total.